The number of carbonyl (C=O) groups excluding carboxylic acids is 3. The van der Waals surface area contributed by atoms with Crippen LogP contribution in [0.25, 0.3) is 0 Å². The van der Waals surface area contributed by atoms with Gasteiger partial charge in [-0.2, -0.15) is 0 Å². The number of benzene rings is 2. The normalized spacial score (nSPS) is 13.3. The predicted molar refractivity (Wildman–Crippen MR) is 106 cm³/mol. The van der Waals surface area contributed by atoms with Crippen LogP contribution >= 0.6 is 0 Å². The highest BCUT2D eigenvalue weighted by Crippen LogP contribution is 2.12. The number of carbonyl (C=O) groups is 3. The third-order valence-corrected chi connectivity index (χ3v) is 4.55. The van der Waals surface area contributed by atoms with Gasteiger partial charge in [-0.3, -0.25) is 9.59 Å². The molecule has 2 aromatic carbocycles. The van der Waals surface area contributed by atoms with Gasteiger partial charge >= 0.3 is 12.1 Å². The summed E-state index contributed by atoms with van der Waals surface area (Å²) < 4.78 is 10.3. The van der Waals surface area contributed by atoms with E-state index in [0.29, 0.717) is 13.1 Å². The molecule has 0 bridgehead atoms. The molecule has 29 heavy (non-hydrogen) atoms. The summed E-state index contributed by atoms with van der Waals surface area (Å²) in [6.45, 7) is 1.23. The van der Waals surface area contributed by atoms with Crippen LogP contribution in [0.5, 0.6) is 0 Å². The number of amides is 2. The number of nitrogens with zero attached hydrogens (tertiary/aromatic N) is 1. The lowest BCUT2D eigenvalue weighted by atomic mass is 10.1. The molecule has 0 aliphatic carbocycles. The van der Waals surface area contributed by atoms with Gasteiger partial charge < -0.3 is 19.7 Å². The molecule has 1 aliphatic rings. The molecule has 152 valence electrons. The molecule has 0 aromatic heterocycles. The van der Waals surface area contributed by atoms with Gasteiger partial charge in [-0.05, 0) is 11.1 Å². The maximum Gasteiger partial charge on any atom is 0.407 e. The van der Waals surface area contributed by atoms with Crippen molar-refractivity contribution >= 4 is 18.0 Å². The maximum atomic E-state index is 12.1. The zero-order valence-electron chi connectivity index (χ0n) is 16.1. The van der Waals surface area contributed by atoms with Crippen molar-refractivity contribution in [2.75, 3.05) is 13.1 Å². The molecule has 1 heterocycles. The standard InChI is InChI=1S/C22H24N2O5/c25-20(11-12-21(26)28-15-17-7-3-1-4-8-17)24-13-19(14-24)23-22(27)29-16-18-9-5-2-6-10-18/h1-10,19H,11-16H2,(H,23,27). The summed E-state index contributed by atoms with van der Waals surface area (Å²) in [5, 5.41) is 2.73. The van der Waals surface area contributed by atoms with Crippen molar-refractivity contribution in [3.63, 3.8) is 0 Å². The fraction of sp³-hybridized carbons (Fsp3) is 0.318. The lowest BCUT2D eigenvalue weighted by Gasteiger charge is -2.39. The van der Waals surface area contributed by atoms with Crippen molar-refractivity contribution in [3.8, 4) is 0 Å². The Morgan fingerprint density at radius 2 is 1.38 bits per heavy atom. The highest BCUT2D eigenvalue weighted by molar-refractivity contribution is 5.82. The molecule has 0 atom stereocenters. The van der Waals surface area contributed by atoms with E-state index < -0.39 is 12.1 Å². The minimum absolute atomic E-state index is 0.0411. The summed E-state index contributed by atoms with van der Waals surface area (Å²) in [4.78, 5) is 37.3. The molecule has 0 radical (unpaired) electrons. The van der Waals surface area contributed by atoms with Crippen LogP contribution in [0.4, 0.5) is 4.79 Å². The van der Waals surface area contributed by atoms with E-state index in [0.717, 1.165) is 11.1 Å². The van der Waals surface area contributed by atoms with Crippen LogP contribution in [0, 0.1) is 0 Å². The molecule has 7 heteroatoms. The van der Waals surface area contributed by atoms with E-state index in [1.807, 2.05) is 60.7 Å². The SMILES string of the molecule is O=C(CCC(=O)N1CC(NC(=O)OCc2ccccc2)C1)OCc1ccccc1. The molecule has 0 saturated carbocycles. The first-order valence-electron chi connectivity index (χ1n) is 9.54. The third-order valence-electron chi connectivity index (χ3n) is 4.55. The monoisotopic (exact) mass is 396 g/mol. The molecular weight excluding hydrogens is 372 g/mol. The molecule has 2 aromatic rings. The molecule has 2 amide bonds. The maximum absolute atomic E-state index is 12.1. The highest BCUT2D eigenvalue weighted by Gasteiger charge is 2.32. The largest absolute Gasteiger partial charge is 0.461 e. The van der Waals surface area contributed by atoms with Gasteiger partial charge in [-0.1, -0.05) is 60.7 Å². The summed E-state index contributed by atoms with van der Waals surface area (Å²) in [5.41, 5.74) is 1.82. The minimum atomic E-state index is -0.504. The van der Waals surface area contributed by atoms with E-state index in [4.69, 9.17) is 9.47 Å². The van der Waals surface area contributed by atoms with Gasteiger partial charge in [0.15, 0.2) is 0 Å². The summed E-state index contributed by atoms with van der Waals surface area (Å²) in [7, 11) is 0. The highest BCUT2D eigenvalue weighted by atomic mass is 16.5. The second-order valence-electron chi connectivity index (χ2n) is 6.85. The number of esters is 1. The number of ether oxygens (including phenoxy) is 2. The fourth-order valence-corrected chi connectivity index (χ4v) is 2.88. The van der Waals surface area contributed by atoms with Crippen molar-refractivity contribution in [3.05, 3.63) is 71.8 Å². The Morgan fingerprint density at radius 3 is 1.97 bits per heavy atom. The van der Waals surface area contributed by atoms with Crippen molar-refractivity contribution < 1.29 is 23.9 Å². The quantitative estimate of drug-likeness (QED) is 0.694. The zero-order valence-corrected chi connectivity index (χ0v) is 16.1. The Labute approximate surface area is 169 Å². The van der Waals surface area contributed by atoms with Crippen LogP contribution in [0.15, 0.2) is 60.7 Å². The van der Waals surface area contributed by atoms with Gasteiger partial charge in [-0.15, -0.1) is 0 Å². The van der Waals surface area contributed by atoms with Crippen LogP contribution in [0.1, 0.15) is 24.0 Å². The molecule has 0 unspecified atom stereocenters. The van der Waals surface area contributed by atoms with Gasteiger partial charge in [0, 0.05) is 19.5 Å². The summed E-state index contributed by atoms with van der Waals surface area (Å²) in [5.74, 6) is -0.528. The van der Waals surface area contributed by atoms with Crippen molar-refractivity contribution in [1.82, 2.24) is 10.2 Å². The van der Waals surface area contributed by atoms with Gasteiger partial charge in [0.05, 0.1) is 12.5 Å². The van der Waals surface area contributed by atoms with Crippen molar-refractivity contribution in [2.45, 2.75) is 32.1 Å². The minimum Gasteiger partial charge on any atom is -0.461 e. The number of likely N-dealkylation sites (tertiary alicyclic amines) is 1. The first-order valence-corrected chi connectivity index (χ1v) is 9.54. The Bertz CT molecular complexity index is 820. The van der Waals surface area contributed by atoms with E-state index >= 15 is 0 Å². The molecular formula is C22H24N2O5. The number of nitrogens with one attached hydrogen (secondary N) is 1. The van der Waals surface area contributed by atoms with Crippen LogP contribution < -0.4 is 5.32 Å². The average Bonchev–Trinajstić information content (AvgIpc) is 2.72. The first kappa shape index (κ1) is 20.4. The van der Waals surface area contributed by atoms with E-state index in [2.05, 4.69) is 5.32 Å². The van der Waals surface area contributed by atoms with Crippen molar-refractivity contribution in [1.29, 1.82) is 0 Å². The number of hydrogen-bond acceptors (Lipinski definition) is 5. The molecule has 1 aliphatic heterocycles. The van der Waals surface area contributed by atoms with Gasteiger partial charge in [0.1, 0.15) is 13.2 Å². The Balaban J connectivity index is 1.26. The van der Waals surface area contributed by atoms with Gasteiger partial charge in [0.2, 0.25) is 5.91 Å². The molecule has 0 spiro atoms. The van der Waals surface area contributed by atoms with Crippen LogP contribution in [0.3, 0.4) is 0 Å². The molecule has 7 nitrogen and oxygen atoms in total. The summed E-state index contributed by atoms with van der Waals surface area (Å²) >= 11 is 0. The van der Waals surface area contributed by atoms with E-state index in [9.17, 15) is 14.4 Å². The van der Waals surface area contributed by atoms with Crippen LogP contribution in [-0.4, -0.2) is 42.0 Å². The second-order valence-corrected chi connectivity index (χ2v) is 6.85. The smallest absolute Gasteiger partial charge is 0.407 e. The van der Waals surface area contributed by atoms with E-state index in [-0.39, 0.29) is 38.0 Å². The second kappa shape index (κ2) is 10.3. The zero-order chi connectivity index (χ0) is 20.5. The van der Waals surface area contributed by atoms with E-state index in [1.54, 1.807) is 4.90 Å². The molecule has 1 fully saturated rings. The lowest BCUT2D eigenvalue weighted by molar-refractivity contribution is -0.148. The topological polar surface area (TPSA) is 84.9 Å². The van der Waals surface area contributed by atoms with E-state index in [1.165, 1.54) is 0 Å². The molecule has 1 saturated heterocycles. The average molecular weight is 396 g/mol. The van der Waals surface area contributed by atoms with Crippen molar-refractivity contribution in [2.24, 2.45) is 0 Å². The number of alkyl carbamates (subject to hydrolysis) is 1. The Morgan fingerprint density at radius 1 is 0.828 bits per heavy atom. The lowest BCUT2D eigenvalue weighted by Crippen LogP contribution is -2.61. The summed E-state index contributed by atoms with van der Waals surface area (Å²) in [6, 6.07) is 18.7. The first-order chi connectivity index (χ1) is 14.1. The predicted octanol–water partition coefficient (Wildman–Crippen LogP) is 2.65. The van der Waals surface area contributed by atoms with Crippen LogP contribution in [0.2, 0.25) is 0 Å². The Hall–Kier alpha value is -3.35. The molecule has 3 rings (SSSR count). The number of hydrogen-bond donors (Lipinski definition) is 1. The van der Waals surface area contributed by atoms with Gasteiger partial charge in [-0.25, -0.2) is 4.79 Å². The third kappa shape index (κ3) is 6.64. The Kier molecular flexibility index (Phi) is 7.22. The van der Waals surface area contributed by atoms with Crippen LogP contribution in [-0.2, 0) is 32.3 Å². The summed E-state index contributed by atoms with van der Waals surface area (Å²) in [6.07, 6.45) is -0.367. The number of rotatable bonds is 8. The molecule has 1 N–H and O–H groups in total. The fourth-order valence-electron chi connectivity index (χ4n) is 2.88. The van der Waals surface area contributed by atoms with Gasteiger partial charge in [0.25, 0.3) is 0 Å².